The molecule has 0 aliphatic carbocycles. The van der Waals surface area contributed by atoms with Crippen molar-refractivity contribution in [3.63, 3.8) is 0 Å². The Morgan fingerprint density at radius 2 is 2.26 bits per heavy atom. The van der Waals surface area contributed by atoms with E-state index in [2.05, 4.69) is 0 Å². The number of nitrogens with zero attached hydrogens (tertiary/aromatic N) is 1. The van der Waals surface area contributed by atoms with E-state index in [0.29, 0.717) is 23.1 Å². The number of aliphatic hydroxyl groups excluding tert-OH is 1. The second-order valence-electron chi connectivity index (χ2n) is 5.04. The number of carbonyl (C=O) groups excluding carboxylic acids is 1. The maximum Gasteiger partial charge on any atom is 0.227 e. The van der Waals surface area contributed by atoms with Gasteiger partial charge in [-0.05, 0) is 37.1 Å². The fraction of sp³-hybridized carbons (Fsp3) is 0.500. The van der Waals surface area contributed by atoms with Gasteiger partial charge in [0.1, 0.15) is 0 Å². The Labute approximate surface area is 123 Å². The molecule has 1 heterocycles. The van der Waals surface area contributed by atoms with Crippen molar-refractivity contribution in [1.82, 2.24) is 4.90 Å². The predicted molar refractivity (Wildman–Crippen MR) is 76.5 cm³/mol. The van der Waals surface area contributed by atoms with Gasteiger partial charge in [-0.1, -0.05) is 23.2 Å². The first kappa shape index (κ1) is 14.6. The standard InChI is InChI=1S/C14H17Cl2NO2/c1-9(18)10-4-5-17(8-10)14(19)7-11-6-12(15)2-3-13(11)16/h2-3,6,9-10,18H,4-5,7-8H2,1H3. The van der Waals surface area contributed by atoms with Crippen LogP contribution in [-0.2, 0) is 11.2 Å². The van der Waals surface area contributed by atoms with Crippen molar-refractivity contribution in [2.45, 2.75) is 25.9 Å². The van der Waals surface area contributed by atoms with Gasteiger partial charge in [0.25, 0.3) is 0 Å². The fourth-order valence-electron chi connectivity index (χ4n) is 2.36. The van der Waals surface area contributed by atoms with Crippen molar-refractivity contribution in [3.8, 4) is 0 Å². The van der Waals surface area contributed by atoms with Crippen molar-refractivity contribution < 1.29 is 9.90 Å². The number of amides is 1. The lowest BCUT2D eigenvalue weighted by molar-refractivity contribution is -0.129. The number of halogens is 2. The van der Waals surface area contributed by atoms with E-state index < -0.39 is 0 Å². The van der Waals surface area contributed by atoms with Crippen LogP contribution in [0, 0.1) is 5.92 Å². The zero-order valence-corrected chi connectivity index (χ0v) is 12.3. The molecule has 1 aliphatic rings. The highest BCUT2D eigenvalue weighted by Crippen LogP contribution is 2.24. The van der Waals surface area contributed by atoms with Crippen LogP contribution in [0.2, 0.25) is 10.0 Å². The van der Waals surface area contributed by atoms with E-state index in [9.17, 15) is 9.90 Å². The molecule has 1 aromatic carbocycles. The minimum absolute atomic E-state index is 0.0346. The molecule has 2 atom stereocenters. The lowest BCUT2D eigenvalue weighted by atomic mass is 10.0. The Morgan fingerprint density at radius 1 is 1.53 bits per heavy atom. The minimum atomic E-state index is -0.368. The summed E-state index contributed by atoms with van der Waals surface area (Å²) >= 11 is 12.0. The molecule has 1 N–H and O–H groups in total. The summed E-state index contributed by atoms with van der Waals surface area (Å²) in [4.78, 5) is 14.0. The van der Waals surface area contributed by atoms with Crippen LogP contribution in [0.15, 0.2) is 18.2 Å². The lowest BCUT2D eigenvalue weighted by Crippen LogP contribution is -2.31. The third kappa shape index (κ3) is 3.62. The summed E-state index contributed by atoms with van der Waals surface area (Å²) in [5.74, 6) is 0.214. The molecule has 0 bridgehead atoms. The molecular weight excluding hydrogens is 285 g/mol. The number of likely N-dealkylation sites (tertiary alicyclic amines) is 1. The summed E-state index contributed by atoms with van der Waals surface area (Å²) in [5.41, 5.74) is 0.750. The molecule has 1 aromatic rings. The van der Waals surface area contributed by atoms with Gasteiger partial charge in [-0.2, -0.15) is 0 Å². The molecule has 0 saturated carbocycles. The van der Waals surface area contributed by atoms with E-state index in [1.54, 1.807) is 30.0 Å². The van der Waals surface area contributed by atoms with E-state index in [0.717, 1.165) is 12.0 Å². The Bertz CT molecular complexity index is 477. The number of benzene rings is 1. The summed E-state index contributed by atoms with van der Waals surface area (Å²) < 4.78 is 0. The van der Waals surface area contributed by atoms with Crippen LogP contribution in [0.25, 0.3) is 0 Å². The maximum atomic E-state index is 12.2. The highest BCUT2D eigenvalue weighted by molar-refractivity contribution is 6.33. The molecule has 0 radical (unpaired) electrons. The summed E-state index contributed by atoms with van der Waals surface area (Å²) in [6, 6.07) is 5.14. The topological polar surface area (TPSA) is 40.5 Å². The summed E-state index contributed by atoms with van der Waals surface area (Å²) in [6.45, 7) is 3.09. The molecule has 3 nitrogen and oxygen atoms in total. The fourth-order valence-corrected chi connectivity index (χ4v) is 2.74. The molecule has 1 aliphatic heterocycles. The van der Waals surface area contributed by atoms with E-state index in [4.69, 9.17) is 23.2 Å². The Kier molecular flexibility index (Phi) is 4.71. The van der Waals surface area contributed by atoms with Gasteiger partial charge in [-0.3, -0.25) is 4.79 Å². The zero-order chi connectivity index (χ0) is 14.0. The molecule has 1 fully saturated rings. The number of hydrogen-bond donors (Lipinski definition) is 1. The largest absolute Gasteiger partial charge is 0.393 e. The van der Waals surface area contributed by atoms with E-state index in [-0.39, 0.29) is 24.3 Å². The van der Waals surface area contributed by atoms with Gasteiger partial charge >= 0.3 is 0 Å². The first-order chi connectivity index (χ1) is 8.97. The minimum Gasteiger partial charge on any atom is -0.393 e. The van der Waals surface area contributed by atoms with Gasteiger partial charge in [0.15, 0.2) is 0 Å². The summed E-state index contributed by atoms with van der Waals surface area (Å²) in [6.07, 6.45) is 0.742. The number of carbonyl (C=O) groups is 1. The Balaban J connectivity index is 2.00. The molecule has 19 heavy (non-hydrogen) atoms. The van der Waals surface area contributed by atoms with E-state index in [1.165, 1.54) is 0 Å². The average molecular weight is 302 g/mol. The van der Waals surface area contributed by atoms with Crippen LogP contribution >= 0.6 is 23.2 Å². The smallest absolute Gasteiger partial charge is 0.227 e. The predicted octanol–water partition coefficient (Wildman–Crippen LogP) is 2.77. The van der Waals surface area contributed by atoms with Crippen LogP contribution in [0.4, 0.5) is 0 Å². The molecular formula is C14H17Cl2NO2. The van der Waals surface area contributed by atoms with E-state index in [1.807, 2.05) is 0 Å². The monoisotopic (exact) mass is 301 g/mol. The van der Waals surface area contributed by atoms with Gasteiger partial charge in [0.2, 0.25) is 5.91 Å². The van der Waals surface area contributed by atoms with Gasteiger partial charge in [-0.25, -0.2) is 0 Å². The van der Waals surface area contributed by atoms with Crippen molar-refractivity contribution in [2.24, 2.45) is 5.92 Å². The van der Waals surface area contributed by atoms with Gasteiger partial charge in [0, 0.05) is 29.1 Å². The second kappa shape index (κ2) is 6.12. The zero-order valence-electron chi connectivity index (χ0n) is 10.8. The molecule has 1 amide bonds. The first-order valence-corrected chi connectivity index (χ1v) is 7.12. The van der Waals surface area contributed by atoms with Crippen molar-refractivity contribution in [1.29, 1.82) is 0 Å². The Morgan fingerprint density at radius 3 is 2.89 bits per heavy atom. The lowest BCUT2D eigenvalue weighted by Gasteiger charge is -2.18. The molecule has 0 spiro atoms. The van der Waals surface area contributed by atoms with Crippen molar-refractivity contribution >= 4 is 29.1 Å². The van der Waals surface area contributed by atoms with Crippen molar-refractivity contribution in [3.05, 3.63) is 33.8 Å². The van der Waals surface area contributed by atoms with Gasteiger partial charge < -0.3 is 10.0 Å². The Hall–Kier alpha value is -0.770. The third-order valence-corrected chi connectivity index (χ3v) is 4.21. The molecule has 1 saturated heterocycles. The number of rotatable bonds is 3. The van der Waals surface area contributed by atoms with E-state index >= 15 is 0 Å². The molecule has 2 unspecified atom stereocenters. The van der Waals surface area contributed by atoms with Gasteiger partial charge in [0.05, 0.1) is 12.5 Å². The molecule has 2 rings (SSSR count). The normalized spacial score (nSPS) is 20.6. The summed E-state index contributed by atoms with van der Waals surface area (Å²) in [5, 5.41) is 10.7. The maximum absolute atomic E-state index is 12.2. The van der Waals surface area contributed by atoms with Gasteiger partial charge in [-0.15, -0.1) is 0 Å². The van der Waals surface area contributed by atoms with Crippen LogP contribution in [0.1, 0.15) is 18.9 Å². The summed E-state index contributed by atoms with van der Waals surface area (Å²) in [7, 11) is 0. The highest BCUT2D eigenvalue weighted by atomic mass is 35.5. The van der Waals surface area contributed by atoms with Crippen LogP contribution in [0.5, 0.6) is 0 Å². The molecule has 0 aromatic heterocycles. The average Bonchev–Trinajstić information content (AvgIpc) is 2.83. The quantitative estimate of drug-likeness (QED) is 0.932. The number of aliphatic hydroxyl groups is 1. The van der Waals surface area contributed by atoms with Crippen LogP contribution in [-0.4, -0.2) is 35.1 Å². The highest BCUT2D eigenvalue weighted by Gasteiger charge is 2.29. The SMILES string of the molecule is CC(O)C1CCN(C(=O)Cc2cc(Cl)ccc2Cl)C1. The third-order valence-electron chi connectivity index (χ3n) is 3.61. The van der Waals surface area contributed by atoms with Crippen LogP contribution in [0.3, 0.4) is 0 Å². The second-order valence-corrected chi connectivity index (χ2v) is 5.89. The van der Waals surface area contributed by atoms with Crippen molar-refractivity contribution in [2.75, 3.05) is 13.1 Å². The first-order valence-electron chi connectivity index (χ1n) is 6.37. The number of hydrogen-bond acceptors (Lipinski definition) is 2. The molecule has 104 valence electrons. The van der Waals surface area contributed by atoms with Crippen LogP contribution < -0.4 is 0 Å². The molecule has 5 heteroatoms.